The minimum atomic E-state index is -0.998. The molecule has 1 aliphatic rings. The largest absolute Gasteiger partial charge is 0.478 e. The molecule has 0 radical (unpaired) electrons. The first-order valence-electron chi connectivity index (χ1n) is 10.9. The lowest BCUT2D eigenvalue weighted by atomic mass is 10.0. The number of carboxylic acids is 1. The Morgan fingerprint density at radius 2 is 1.70 bits per heavy atom. The summed E-state index contributed by atoms with van der Waals surface area (Å²) in [6, 6.07) is 20.1. The predicted molar refractivity (Wildman–Crippen MR) is 129 cm³/mol. The highest BCUT2D eigenvalue weighted by Gasteiger charge is 2.23. The summed E-state index contributed by atoms with van der Waals surface area (Å²) in [4.78, 5) is 26.8. The van der Waals surface area contributed by atoms with Crippen LogP contribution in [-0.2, 0) is 13.1 Å². The Morgan fingerprint density at radius 3 is 2.39 bits per heavy atom. The second-order valence-electron chi connectivity index (χ2n) is 8.52. The van der Waals surface area contributed by atoms with Gasteiger partial charge in [0.25, 0.3) is 0 Å². The second-order valence-corrected chi connectivity index (χ2v) is 8.52. The number of benzene rings is 3. The van der Waals surface area contributed by atoms with Gasteiger partial charge in [0.05, 0.1) is 17.0 Å². The summed E-state index contributed by atoms with van der Waals surface area (Å²) in [6.45, 7) is 5.24. The number of rotatable bonds is 5. The molecule has 0 aliphatic carbocycles. The fourth-order valence-electron chi connectivity index (χ4n) is 4.50. The van der Waals surface area contributed by atoms with Crippen molar-refractivity contribution in [2.24, 2.45) is 0 Å². The molecule has 166 valence electrons. The van der Waals surface area contributed by atoms with Gasteiger partial charge >= 0.3 is 5.97 Å². The summed E-state index contributed by atoms with van der Waals surface area (Å²) in [7, 11) is 0. The Labute approximate surface area is 191 Å². The summed E-state index contributed by atoms with van der Waals surface area (Å²) in [5.74, 6) is -0.464. The van der Waals surface area contributed by atoms with Crippen LogP contribution in [0.25, 0.3) is 11.0 Å². The molecule has 3 aromatic carbocycles. The summed E-state index contributed by atoms with van der Waals surface area (Å²) >= 11 is 0. The SMILES string of the molecule is Cc1cc([C@@H](C)Nc2ccccc2C(=O)O)c2oc(N3Cc4ccccc4C3)cc(=O)c2c1. The molecule has 0 bridgehead atoms. The van der Waals surface area contributed by atoms with E-state index < -0.39 is 5.97 Å². The fourth-order valence-corrected chi connectivity index (χ4v) is 4.50. The zero-order chi connectivity index (χ0) is 23.1. The number of carboxylic acid groups (broad SMARTS) is 1. The summed E-state index contributed by atoms with van der Waals surface area (Å²) in [6.07, 6.45) is 0. The number of para-hydroxylation sites is 1. The highest BCUT2D eigenvalue weighted by molar-refractivity contribution is 5.94. The monoisotopic (exact) mass is 440 g/mol. The standard InChI is InChI=1S/C27H24N2O4/c1-16-11-21(17(2)28-23-10-6-5-9-20(23)27(31)32)26-22(12-16)24(30)13-25(33-26)29-14-18-7-3-4-8-19(18)15-29/h3-13,17,28H,14-15H2,1-2H3,(H,31,32)/t17-/m1/s1. The van der Waals surface area contributed by atoms with Gasteiger partial charge in [-0.05, 0) is 48.7 Å². The van der Waals surface area contributed by atoms with Crippen LogP contribution < -0.4 is 15.6 Å². The van der Waals surface area contributed by atoms with Crippen molar-refractivity contribution >= 4 is 28.5 Å². The van der Waals surface area contributed by atoms with E-state index in [0.717, 1.165) is 11.1 Å². The van der Waals surface area contributed by atoms with E-state index in [1.54, 1.807) is 30.3 Å². The Kier molecular flexibility index (Phi) is 5.13. The molecular formula is C27H24N2O4. The molecule has 0 spiro atoms. The van der Waals surface area contributed by atoms with Crippen LogP contribution in [0.5, 0.6) is 0 Å². The van der Waals surface area contributed by atoms with Gasteiger partial charge in [0.2, 0.25) is 5.88 Å². The molecule has 33 heavy (non-hydrogen) atoms. The molecule has 5 rings (SSSR count). The van der Waals surface area contributed by atoms with Crippen molar-refractivity contribution in [3.8, 4) is 0 Å². The minimum absolute atomic E-state index is 0.0923. The average Bonchev–Trinajstić information content (AvgIpc) is 3.23. The van der Waals surface area contributed by atoms with Gasteiger partial charge < -0.3 is 19.7 Å². The average molecular weight is 440 g/mol. The molecule has 0 fully saturated rings. The van der Waals surface area contributed by atoms with Gasteiger partial charge in [-0.3, -0.25) is 4.79 Å². The molecule has 0 saturated carbocycles. The van der Waals surface area contributed by atoms with E-state index in [4.69, 9.17) is 4.42 Å². The molecule has 0 unspecified atom stereocenters. The molecule has 6 heteroatoms. The van der Waals surface area contributed by atoms with Crippen LogP contribution >= 0.6 is 0 Å². The van der Waals surface area contributed by atoms with Crippen LogP contribution in [-0.4, -0.2) is 11.1 Å². The fraction of sp³-hybridized carbons (Fsp3) is 0.185. The van der Waals surface area contributed by atoms with E-state index in [1.807, 2.05) is 38.1 Å². The van der Waals surface area contributed by atoms with Crippen LogP contribution in [0.15, 0.2) is 75.9 Å². The normalized spacial score (nSPS) is 13.7. The molecule has 2 N–H and O–H groups in total. The Morgan fingerprint density at radius 1 is 1.03 bits per heavy atom. The number of fused-ring (bicyclic) bond motifs is 2. The van der Waals surface area contributed by atoms with Crippen molar-refractivity contribution in [3.05, 3.63) is 105 Å². The Bertz CT molecular complexity index is 1420. The number of anilines is 2. The van der Waals surface area contributed by atoms with Crippen molar-refractivity contribution < 1.29 is 14.3 Å². The number of aryl methyl sites for hydroxylation is 1. The van der Waals surface area contributed by atoms with Gasteiger partial charge in [-0.2, -0.15) is 0 Å². The van der Waals surface area contributed by atoms with Gasteiger partial charge in [0.15, 0.2) is 5.43 Å². The number of nitrogens with one attached hydrogen (secondary N) is 1. The van der Waals surface area contributed by atoms with Crippen LogP contribution in [0.2, 0.25) is 0 Å². The van der Waals surface area contributed by atoms with Gasteiger partial charge in [-0.15, -0.1) is 0 Å². The minimum Gasteiger partial charge on any atom is -0.478 e. The van der Waals surface area contributed by atoms with E-state index in [-0.39, 0.29) is 17.0 Å². The molecule has 4 aromatic rings. The molecule has 1 aromatic heterocycles. The maximum absolute atomic E-state index is 13.1. The van der Waals surface area contributed by atoms with Crippen molar-refractivity contribution in [2.75, 3.05) is 10.2 Å². The van der Waals surface area contributed by atoms with Crippen molar-refractivity contribution in [2.45, 2.75) is 33.0 Å². The summed E-state index contributed by atoms with van der Waals surface area (Å²) in [5.41, 5.74) is 5.33. The Hall–Kier alpha value is -4.06. The third kappa shape index (κ3) is 3.84. The first kappa shape index (κ1) is 20.8. The van der Waals surface area contributed by atoms with E-state index in [2.05, 4.69) is 22.3 Å². The molecular weight excluding hydrogens is 416 g/mol. The lowest BCUT2D eigenvalue weighted by molar-refractivity contribution is 0.0698. The van der Waals surface area contributed by atoms with Crippen LogP contribution in [0.1, 0.15) is 45.6 Å². The summed E-state index contributed by atoms with van der Waals surface area (Å²) in [5, 5.41) is 13.3. The van der Waals surface area contributed by atoms with Gasteiger partial charge in [0, 0.05) is 30.4 Å². The third-order valence-corrected chi connectivity index (χ3v) is 6.14. The molecule has 0 amide bonds. The van der Waals surface area contributed by atoms with Crippen LogP contribution in [0.4, 0.5) is 11.6 Å². The molecule has 1 atom stereocenters. The van der Waals surface area contributed by atoms with Gasteiger partial charge in [0.1, 0.15) is 5.58 Å². The quantitative estimate of drug-likeness (QED) is 0.427. The zero-order valence-corrected chi connectivity index (χ0v) is 18.5. The second kappa shape index (κ2) is 8.13. The van der Waals surface area contributed by atoms with Gasteiger partial charge in [-0.25, -0.2) is 4.79 Å². The topological polar surface area (TPSA) is 82.8 Å². The highest BCUT2D eigenvalue weighted by atomic mass is 16.4. The van der Waals surface area contributed by atoms with Gasteiger partial charge in [-0.1, -0.05) is 42.5 Å². The first-order chi connectivity index (χ1) is 15.9. The van der Waals surface area contributed by atoms with Crippen molar-refractivity contribution in [3.63, 3.8) is 0 Å². The first-order valence-corrected chi connectivity index (χ1v) is 10.9. The number of hydrogen-bond donors (Lipinski definition) is 2. The molecule has 2 heterocycles. The van der Waals surface area contributed by atoms with Crippen molar-refractivity contribution in [1.29, 1.82) is 0 Å². The maximum Gasteiger partial charge on any atom is 0.337 e. The van der Waals surface area contributed by atoms with Crippen molar-refractivity contribution in [1.82, 2.24) is 0 Å². The number of aromatic carboxylic acids is 1. The lowest BCUT2D eigenvalue weighted by Gasteiger charge is -2.21. The number of carbonyl (C=O) groups is 1. The predicted octanol–water partition coefficient (Wildman–Crippen LogP) is 5.49. The molecule has 1 aliphatic heterocycles. The molecule has 0 saturated heterocycles. The van der Waals surface area contributed by atoms with E-state index in [0.29, 0.717) is 35.6 Å². The lowest BCUT2D eigenvalue weighted by Crippen LogP contribution is -2.17. The van der Waals surface area contributed by atoms with Crippen LogP contribution in [0.3, 0.4) is 0 Å². The third-order valence-electron chi connectivity index (χ3n) is 6.14. The maximum atomic E-state index is 13.1. The summed E-state index contributed by atoms with van der Waals surface area (Å²) < 4.78 is 6.35. The zero-order valence-electron chi connectivity index (χ0n) is 18.5. The van der Waals surface area contributed by atoms with E-state index in [9.17, 15) is 14.7 Å². The highest BCUT2D eigenvalue weighted by Crippen LogP contribution is 2.33. The van der Waals surface area contributed by atoms with E-state index >= 15 is 0 Å². The van der Waals surface area contributed by atoms with Crippen LogP contribution in [0, 0.1) is 6.92 Å². The smallest absolute Gasteiger partial charge is 0.337 e. The Balaban J connectivity index is 1.57. The number of hydrogen-bond acceptors (Lipinski definition) is 5. The van der Waals surface area contributed by atoms with E-state index in [1.165, 1.54) is 11.1 Å². The number of nitrogens with zero attached hydrogens (tertiary/aromatic N) is 1. The molecule has 6 nitrogen and oxygen atoms in total.